The summed E-state index contributed by atoms with van der Waals surface area (Å²) < 4.78 is 0. The molecule has 6 nitrogen and oxygen atoms in total. The third kappa shape index (κ3) is 3.30. The van der Waals surface area contributed by atoms with E-state index >= 15 is 0 Å². The first kappa shape index (κ1) is 18.3. The second-order valence-corrected chi connectivity index (χ2v) is 7.53. The van der Waals surface area contributed by atoms with Crippen molar-refractivity contribution in [1.29, 1.82) is 0 Å². The van der Waals surface area contributed by atoms with Crippen molar-refractivity contribution in [1.82, 2.24) is 14.8 Å². The Balaban J connectivity index is 1.66. The Labute approximate surface area is 164 Å². The zero-order valence-corrected chi connectivity index (χ0v) is 15.7. The Morgan fingerprint density at radius 3 is 2.36 bits per heavy atom. The summed E-state index contributed by atoms with van der Waals surface area (Å²) in [7, 11) is 0. The van der Waals surface area contributed by atoms with E-state index < -0.39 is 5.41 Å². The van der Waals surface area contributed by atoms with Crippen molar-refractivity contribution in [2.24, 2.45) is 0 Å². The van der Waals surface area contributed by atoms with Crippen LogP contribution in [-0.2, 0) is 26.3 Å². The lowest BCUT2D eigenvalue weighted by Gasteiger charge is -2.29. The van der Waals surface area contributed by atoms with Crippen LogP contribution in [0, 0.1) is 0 Å². The van der Waals surface area contributed by atoms with Crippen molar-refractivity contribution in [3.05, 3.63) is 66.0 Å². The first-order chi connectivity index (χ1) is 13.6. The molecule has 0 bridgehead atoms. The summed E-state index contributed by atoms with van der Waals surface area (Å²) in [5.41, 5.74) is 0.454. The van der Waals surface area contributed by atoms with E-state index in [0.29, 0.717) is 0 Å². The molecule has 1 aromatic heterocycles. The van der Waals surface area contributed by atoms with Gasteiger partial charge in [-0.2, -0.15) is 0 Å². The normalized spacial score (nSPS) is 22.1. The maximum atomic E-state index is 13.5. The van der Waals surface area contributed by atoms with Crippen LogP contribution in [0.2, 0.25) is 0 Å². The number of likely N-dealkylation sites (tertiary alicyclic amines) is 2. The van der Waals surface area contributed by atoms with Crippen molar-refractivity contribution in [2.45, 2.75) is 37.6 Å². The fraction of sp³-hybridized carbons (Fsp3) is 0.364. The van der Waals surface area contributed by atoms with E-state index in [1.807, 2.05) is 35.2 Å². The largest absolute Gasteiger partial charge is 0.343 e. The number of aromatic nitrogens is 1. The molecule has 0 spiro atoms. The number of amides is 3. The first-order valence-corrected chi connectivity index (χ1v) is 9.67. The molecule has 1 aromatic carbocycles. The number of benzene rings is 1. The van der Waals surface area contributed by atoms with Crippen LogP contribution in [-0.4, -0.2) is 45.6 Å². The lowest BCUT2D eigenvalue weighted by atomic mass is 9.75. The molecule has 0 aliphatic carbocycles. The Morgan fingerprint density at radius 1 is 1.00 bits per heavy atom. The maximum Gasteiger partial charge on any atom is 0.241 e. The predicted octanol–water partition coefficient (Wildman–Crippen LogP) is 2.29. The Hall–Kier alpha value is -3.02. The van der Waals surface area contributed by atoms with E-state index in [0.717, 1.165) is 37.1 Å². The molecular weight excluding hydrogens is 354 g/mol. The summed E-state index contributed by atoms with van der Waals surface area (Å²) in [6.45, 7) is 1.66. The minimum absolute atomic E-state index is 0.0283. The van der Waals surface area contributed by atoms with Crippen LogP contribution in [0.15, 0.2) is 54.9 Å². The van der Waals surface area contributed by atoms with E-state index in [4.69, 9.17) is 0 Å². The Morgan fingerprint density at radius 2 is 1.68 bits per heavy atom. The molecule has 2 aliphatic rings. The molecule has 0 N–H and O–H groups in total. The second-order valence-electron chi connectivity index (χ2n) is 7.53. The molecule has 3 amide bonds. The van der Waals surface area contributed by atoms with Gasteiger partial charge in [0.15, 0.2) is 0 Å². The van der Waals surface area contributed by atoms with Gasteiger partial charge in [-0.15, -0.1) is 0 Å². The number of imide groups is 1. The lowest BCUT2D eigenvalue weighted by Crippen LogP contribution is -2.42. The van der Waals surface area contributed by atoms with E-state index in [1.165, 1.54) is 4.90 Å². The molecule has 0 saturated carbocycles. The quantitative estimate of drug-likeness (QED) is 0.750. The number of nitrogens with zero attached hydrogens (tertiary/aromatic N) is 3. The van der Waals surface area contributed by atoms with Crippen LogP contribution in [0.1, 0.15) is 36.8 Å². The van der Waals surface area contributed by atoms with Gasteiger partial charge in [0.2, 0.25) is 17.7 Å². The molecule has 6 heteroatoms. The summed E-state index contributed by atoms with van der Waals surface area (Å²) in [4.78, 5) is 46.4. The van der Waals surface area contributed by atoms with Crippen LogP contribution in [0.25, 0.3) is 0 Å². The van der Waals surface area contributed by atoms with Crippen LogP contribution in [0.4, 0.5) is 0 Å². The van der Waals surface area contributed by atoms with Crippen molar-refractivity contribution in [3.63, 3.8) is 0 Å². The number of carbonyl (C=O) groups is 3. The zero-order valence-electron chi connectivity index (χ0n) is 15.7. The molecule has 2 saturated heterocycles. The average Bonchev–Trinajstić information content (AvgIpc) is 3.34. The molecule has 2 aromatic rings. The van der Waals surface area contributed by atoms with E-state index in [9.17, 15) is 14.4 Å². The first-order valence-electron chi connectivity index (χ1n) is 9.67. The molecule has 0 unspecified atom stereocenters. The third-order valence-corrected chi connectivity index (χ3v) is 5.74. The van der Waals surface area contributed by atoms with Crippen LogP contribution < -0.4 is 0 Å². The van der Waals surface area contributed by atoms with Gasteiger partial charge in [-0.1, -0.05) is 30.3 Å². The summed E-state index contributed by atoms with van der Waals surface area (Å²) in [6, 6.07) is 12.8. The van der Waals surface area contributed by atoms with Crippen molar-refractivity contribution < 1.29 is 14.4 Å². The highest BCUT2D eigenvalue weighted by Crippen LogP contribution is 2.41. The molecule has 4 rings (SSSR count). The third-order valence-electron chi connectivity index (χ3n) is 5.74. The molecule has 3 heterocycles. The van der Waals surface area contributed by atoms with Crippen molar-refractivity contribution in [3.8, 4) is 0 Å². The molecule has 0 radical (unpaired) electrons. The fourth-order valence-electron chi connectivity index (χ4n) is 4.19. The molecule has 144 valence electrons. The van der Waals surface area contributed by atoms with Gasteiger partial charge in [0.05, 0.1) is 12.0 Å². The summed E-state index contributed by atoms with van der Waals surface area (Å²) in [5.74, 6) is -0.568. The van der Waals surface area contributed by atoms with Gasteiger partial charge in [0, 0.05) is 38.3 Å². The standard InChI is InChI=1S/C22H23N3O3/c26-19(24-12-4-5-13-24)14-22(18-6-2-1-3-7-18)15-20(27)25(21(22)28)16-17-8-10-23-11-9-17/h1-3,6-11H,4-5,12-16H2/t22-/m1/s1. The molecule has 2 fully saturated rings. The number of carbonyl (C=O) groups excluding carboxylic acids is 3. The lowest BCUT2D eigenvalue weighted by molar-refractivity contribution is -0.143. The van der Waals surface area contributed by atoms with Crippen LogP contribution in [0.3, 0.4) is 0 Å². The Kier molecular flexibility index (Phi) is 4.94. The van der Waals surface area contributed by atoms with E-state index in [2.05, 4.69) is 4.98 Å². The zero-order chi connectivity index (χ0) is 19.6. The average molecular weight is 377 g/mol. The van der Waals surface area contributed by atoms with E-state index in [1.54, 1.807) is 24.5 Å². The number of hydrogen-bond donors (Lipinski definition) is 0. The van der Waals surface area contributed by atoms with Gasteiger partial charge < -0.3 is 4.90 Å². The topological polar surface area (TPSA) is 70.6 Å². The van der Waals surface area contributed by atoms with Gasteiger partial charge in [-0.3, -0.25) is 24.3 Å². The fourth-order valence-corrected chi connectivity index (χ4v) is 4.19. The minimum atomic E-state index is -1.12. The molecule has 2 aliphatic heterocycles. The maximum absolute atomic E-state index is 13.5. The van der Waals surface area contributed by atoms with Gasteiger partial charge in [-0.05, 0) is 36.1 Å². The minimum Gasteiger partial charge on any atom is -0.343 e. The summed E-state index contributed by atoms with van der Waals surface area (Å²) in [5, 5.41) is 0. The van der Waals surface area contributed by atoms with Gasteiger partial charge >= 0.3 is 0 Å². The Bertz CT molecular complexity index is 878. The van der Waals surface area contributed by atoms with Crippen LogP contribution >= 0.6 is 0 Å². The van der Waals surface area contributed by atoms with Gasteiger partial charge in [0.1, 0.15) is 0 Å². The molecular formula is C22H23N3O3. The molecule has 1 atom stereocenters. The predicted molar refractivity (Wildman–Crippen MR) is 103 cm³/mol. The van der Waals surface area contributed by atoms with Crippen LogP contribution in [0.5, 0.6) is 0 Å². The molecule has 28 heavy (non-hydrogen) atoms. The summed E-state index contributed by atoms with van der Waals surface area (Å²) in [6.07, 6.45) is 5.33. The highest BCUT2D eigenvalue weighted by molar-refractivity contribution is 6.10. The number of hydrogen-bond acceptors (Lipinski definition) is 4. The van der Waals surface area contributed by atoms with Gasteiger partial charge in [-0.25, -0.2) is 0 Å². The summed E-state index contributed by atoms with van der Waals surface area (Å²) >= 11 is 0. The van der Waals surface area contributed by atoms with Gasteiger partial charge in [0.25, 0.3) is 0 Å². The monoisotopic (exact) mass is 377 g/mol. The van der Waals surface area contributed by atoms with Crippen molar-refractivity contribution >= 4 is 17.7 Å². The highest BCUT2D eigenvalue weighted by atomic mass is 16.2. The smallest absolute Gasteiger partial charge is 0.241 e. The highest BCUT2D eigenvalue weighted by Gasteiger charge is 2.54. The second kappa shape index (κ2) is 7.54. The number of pyridine rings is 1. The van der Waals surface area contributed by atoms with Crippen molar-refractivity contribution in [2.75, 3.05) is 13.1 Å². The van der Waals surface area contributed by atoms with E-state index in [-0.39, 0.29) is 37.1 Å². The SMILES string of the molecule is O=C(C[C@]1(c2ccccc2)CC(=O)N(Cc2ccncc2)C1=O)N1CCCC1. The number of rotatable bonds is 5.